The predicted molar refractivity (Wildman–Crippen MR) is 86.2 cm³/mol. The molecule has 0 aliphatic carbocycles. The summed E-state index contributed by atoms with van der Waals surface area (Å²) < 4.78 is 5.78. The molecule has 2 aromatic carbocycles. The van der Waals surface area contributed by atoms with Crippen molar-refractivity contribution in [1.29, 1.82) is 0 Å². The van der Waals surface area contributed by atoms with E-state index < -0.39 is 6.10 Å². The Kier molecular flexibility index (Phi) is 5.21. The number of hydrogen-bond donors (Lipinski definition) is 1. The molecule has 6 heteroatoms. The second kappa shape index (κ2) is 6.54. The first-order valence-corrected chi connectivity index (χ1v) is 7.53. The summed E-state index contributed by atoms with van der Waals surface area (Å²) in [4.78, 5) is 0. The summed E-state index contributed by atoms with van der Waals surface area (Å²) in [5.41, 5.74) is 1.02. The number of aliphatic hydroxyl groups excluding tert-OH is 1. The van der Waals surface area contributed by atoms with Crippen molar-refractivity contribution < 1.29 is 9.84 Å². The lowest BCUT2D eigenvalue weighted by Crippen LogP contribution is -2.02. The Labute approximate surface area is 140 Å². The van der Waals surface area contributed by atoms with E-state index in [1.54, 1.807) is 30.3 Å². The number of ether oxygens (including phenoxy) is 1. The van der Waals surface area contributed by atoms with Crippen LogP contribution in [0.2, 0.25) is 15.1 Å². The van der Waals surface area contributed by atoms with Gasteiger partial charge in [-0.3, -0.25) is 0 Å². The first-order chi connectivity index (χ1) is 9.45. The minimum Gasteiger partial charge on any atom is -0.495 e. The van der Waals surface area contributed by atoms with Crippen molar-refractivity contribution in [3.63, 3.8) is 0 Å². The van der Waals surface area contributed by atoms with Gasteiger partial charge in [0, 0.05) is 21.7 Å². The zero-order valence-corrected chi connectivity index (χ0v) is 14.2. The number of benzene rings is 2. The normalized spacial score (nSPS) is 12.3. The molecule has 1 N–H and O–H groups in total. The molecule has 20 heavy (non-hydrogen) atoms. The van der Waals surface area contributed by atoms with Gasteiger partial charge in [-0.15, -0.1) is 0 Å². The summed E-state index contributed by atoms with van der Waals surface area (Å²) in [6.07, 6.45) is -0.976. The molecule has 0 amide bonds. The largest absolute Gasteiger partial charge is 0.495 e. The Hall–Kier alpha value is -0.450. The second-order valence-electron chi connectivity index (χ2n) is 4.05. The Balaban J connectivity index is 2.51. The first kappa shape index (κ1) is 15.9. The van der Waals surface area contributed by atoms with Crippen LogP contribution in [0.3, 0.4) is 0 Å². The molecule has 2 rings (SSSR count). The maximum absolute atomic E-state index is 10.5. The molecule has 2 nitrogen and oxygen atoms in total. The van der Waals surface area contributed by atoms with Crippen molar-refractivity contribution in [3.05, 3.63) is 61.0 Å². The standard InChI is InChI=1S/C14H10BrCl3O2/c1-20-12-6-10(16)8(5-11(12)17)14(19)7-3-2-4-9(15)13(7)18/h2-6,14,19H,1H3. The Morgan fingerprint density at radius 3 is 2.45 bits per heavy atom. The van der Waals surface area contributed by atoms with Gasteiger partial charge in [0.2, 0.25) is 0 Å². The van der Waals surface area contributed by atoms with E-state index in [9.17, 15) is 5.11 Å². The summed E-state index contributed by atoms with van der Waals surface area (Å²) in [6.45, 7) is 0. The molecule has 0 aliphatic rings. The maximum Gasteiger partial charge on any atom is 0.138 e. The average molecular weight is 396 g/mol. The van der Waals surface area contributed by atoms with E-state index in [0.29, 0.717) is 36.4 Å². The summed E-state index contributed by atoms with van der Waals surface area (Å²) in [6, 6.07) is 8.44. The maximum atomic E-state index is 10.5. The van der Waals surface area contributed by atoms with Gasteiger partial charge in [-0.25, -0.2) is 0 Å². The van der Waals surface area contributed by atoms with Gasteiger partial charge in [-0.1, -0.05) is 46.9 Å². The van der Waals surface area contributed by atoms with E-state index in [1.165, 1.54) is 7.11 Å². The molecule has 0 radical (unpaired) electrons. The summed E-state index contributed by atoms with van der Waals surface area (Å²) in [5, 5.41) is 11.6. The fourth-order valence-electron chi connectivity index (χ4n) is 1.81. The molecule has 0 saturated carbocycles. The Morgan fingerprint density at radius 1 is 1.10 bits per heavy atom. The lowest BCUT2D eigenvalue weighted by atomic mass is 10.0. The van der Waals surface area contributed by atoms with Crippen LogP contribution >= 0.6 is 50.7 Å². The molecule has 106 valence electrons. The van der Waals surface area contributed by atoms with E-state index in [4.69, 9.17) is 39.5 Å². The monoisotopic (exact) mass is 394 g/mol. The van der Waals surface area contributed by atoms with Gasteiger partial charge in [-0.2, -0.15) is 0 Å². The molecule has 1 atom stereocenters. The summed E-state index contributed by atoms with van der Waals surface area (Å²) >= 11 is 21.7. The lowest BCUT2D eigenvalue weighted by molar-refractivity contribution is 0.220. The zero-order chi connectivity index (χ0) is 14.9. The minimum atomic E-state index is -0.976. The van der Waals surface area contributed by atoms with Gasteiger partial charge in [-0.05, 0) is 28.1 Å². The van der Waals surface area contributed by atoms with Crippen LogP contribution in [-0.4, -0.2) is 12.2 Å². The molecular formula is C14H10BrCl3O2. The quantitative estimate of drug-likeness (QED) is 0.742. The van der Waals surface area contributed by atoms with Crippen molar-refractivity contribution in [2.75, 3.05) is 7.11 Å². The molecule has 0 heterocycles. The van der Waals surface area contributed by atoms with Gasteiger partial charge in [0.05, 0.1) is 22.2 Å². The van der Waals surface area contributed by atoms with E-state index >= 15 is 0 Å². The number of methoxy groups -OCH3 is 1. The Bertz CT molecular complexity index is 647. The van der Waals surface area contributed by atoms with Gasteiger partial charge in [0.15, 0.2) is 0 Å². The minimum absolute atomic E-state index is 0.356. The van der Waals surface area contributed by atoms with Gasteiger partial charge >= 0.3 is 0 Å². The highest BCUT2D eigenvalue weighted by Crippen LogP contribution is 2.39. The van der Waals surface area contributed by atoms with Gasteiger partial charge < -0.3 is 9.84 Å². The number of hydrogen-bond acceptors (Lipinski definition) is 2. The van der Waals surface area contributed by atoms with E-state index in [-0.39, 0.29) is 0 Å². The van der Waals surface area contributed by atoms with E-state index in [1.807, 2.05) is 0 Å². The van der Waals surface area contributed by atoms with Crippen LogP contribution in [0.25, 0.3) is 0 Å². The van der Waals surface area contributed by atoms with Crippen LogP contribution in [0.5, 0.6) is 5.75 Å². The predicted octanol–water partition coefficient (Wildman–Crippen LogP) is 5.50. The summed E-state index contributed by atoms with van der Waals surface area (Å²) in [5.74, 6) is 0.452. The van der Waals surface area contributed by atoms with E-state index in [0.717, 1.165) is 0 Å². The molecule has 0 aromatic heterocycles. The van der Waals surface area contributed by atoms with Crippen LogP contribution < -0.4 is 4.74 Å². The highest BCUT2D eigenvalue weighted by Gasteiger charge is 2.20. The first-order valence-electron chi connectivity index (χ1n) is 5.60. The lowest BCUT2D eigenvalue weighted by Gasteiger charge is -2.16. The van der Waals surface area contributed by atoms with Crippen molar-refractivity contribution in [2.45, 2.75) is 6.10 Å². The third-order valence-corrected chi connectivity index (χ3v) is 4.78. The van der Waals surface area contributed by atoms with Crippen LogP contribution in [0.15, 0.2) is 34.8 Å². The third kappa shape index (κ3) is 3.07. The molecular weight excluding hydrogens is 386 g/mol. The van der Waals surface area contributed by atoms with Crippen molar-refractivity contribution in [2.24, 2.45) is 0 Å². The molecule has 0 bridgehead atoms. The van der Waals surface area contributed by atoms with Crippen LogP contribution in [0.4, 0.5) is 0 Å². The zero-order valence-electron chi connectivity index (χ0n) is 10.3. The van der Waals surface area contributed by atoms with Crippen LogP contribution in [0.1, 0.15) is 17.2 Å². The van der Waals surface area contributed by atoms with Crippen molar-refractivity contribution in [3.8, 4) is 5.75 Å². The SMILES string of the molecule is COc1cc(Cl)c(C(O)c2cccc(Br)c2Cl)cc1Cl. The molecule has 0 aliphatic heterocycles. The average Bonchev–Trinajstić information content (AvgIpc) is 2.43. The Morgan fingerprint density at radius 2 is 1.80 bits per heavy atom. The molecule has 2 aromatic rings. The summed E-state index contributed by atoms with van der Waals surface area (Å²) in [7, 11) is 1.50. The molecule has 0 fully saturated rings. The van der Waals surface area contributed by atoms with Gasteiger partial charge in [0.1, 0.15) is 11.9 Å². The van der Waals surface area contributed by atoms with E-state index in [2.05, 4.69) is 15.9 Å². The second-order valence-corrected chi connectivity index (χ2v) is 6.10. The fraction of sp³-hybridized carbons (Fsp3) is 0.143. The third-order valence-electron chi connectivity index (χ3n) is 2.84. The highest BCUT2D eigenvalue weighted by molar-refractivity contribution is 9.10. The fourth-order valence-corrected chi connectivity index (χ4v) is 2.93. The van der Waals surface area contributed by atoms with Crippen LogP contribution in [-0.2, 0) is 0 Å². The molecule has 0 saturated heterocycles. The van der Waals surface area contributed by atoms with Crippen molar-refractivity contribution >= 4 is 50.7 Å². The van der Waals surface area contributed by atoms with Gasteiger partial charge in [0.25, 0.3) is 0 Å². The smallest absolute Gasteiger partial charge is 0.138 e. The number of rotatable bonds is 3. The molecule has 1 unspecified atom stereocenters. The highest BCUT2D eigenvalue weighted by atomic mass is 79.9. The number of halogens is 4. The molecule has 0 spiro atoms. The van der Waals surface area contributed by atoms with Crippen molar-refractivity contribution in [1.82, 2.24) is 0 Å². The number of aliphatic hydroxyl groups is 1. The van der Waals surface area contributed by atoms with Crippen LogP contribution in [0, 0.1) is 0 Å². The topological polar surface area (TPSA) is 29.5 Å².